The van der Waals surface area contributed by atoms with Gasteiger partial charge in [0.2, 0.25) is 0 Å². The Morgan fingerprint density at radius 2 is 1.17 bits per heavy atom. The lowest BCUT2D eigenvalue weighted by molar-refractivity contribution is -0.161. The van der Waals surface area contributed by atoms with Gasteiger partial charge in [-0.1, -0.05) is 128 Å². The van der Waals surface area contributed by atoms with E-state index < -0.39 is 26.5 Å². The summed E-state index contributed by atoms with van der Waals surface area (Å²) in [4.78, 5) is 34.6. The molecule has 0 aliphatic heterocycles. The molecule has 0 spiro atoms. The minimum absolute atomic E-state index is 0.0526. The number of hydrogen-bond acceptors (Lipinski definition) is 8. The lowest BCUT2D eigenvalue weighted by atomic mass is 10.0. The second-order valence-electron chi connectivity index (χ2n) is 12.3. The number of carbonyl (C=O) groups is 2. The molecule has 0 amide bonds. The number of esters is 2. The van der Waals surface area contributed by atoms with Gasteiger partial charge in [-0.2, -0.15) is 6.42 Å². The summed E-state index contributed by atoms with van der Waals surface area (Å²) in [5.41, 5.74) is 5.32. The molecule has 0 aromatic heterocycles. The molecule has 0 rings (SSSR count). The van der Waals surface area contributed by atoms with Gasteiger partial charge >= 0.3 is 19.8 Å². The first kappa shape index (κ1) is 44.8. The molecule has 0 aliphatic rings. The zero-order valence-corrected chi connectivity index (χ0v) is 30.2. The van der Waals surface area contributed by atoms with E-state index in [1.54, 1.807) is 0 Å². The van der Waals surface area contributed by atoms with E-state index in [2.05, 4.69) is 26.0 Å². The largest absolute Gasteiger partial charge is 0.472 e. The minimum atomic E-state index is -4.37. The highest BCUT2D eigenvalue weighted by atomic mass is 31.2. The predicted molar refractivity (Wildman–Crippen MR) is 187 cm³/mol. The maximum Gasteiger partial charge on any atom is 0.472 e. The van der Waals surface area contributed by atoms with Crippen LogP contribution in [-0.2, 0) is 32.7 Å². The summed E-state index contributed by atoms with van der Waals surface area (Å²) in [6, 6.07) is 0. The third kappa shape index (κ3) is 32.7. The van der Waals surface area contributed by atoms with Crippen LogP contribution in [0.5, 0.6) is 0 Å². The third-order valence-electron chi connectivity index (χ3n) is 7.80. The number of carbonyl (C=O) groups excluding carboxylic acids is 2. The molecule has 1 unspecified atom stereocenters. The Morgan fingerprint density at radius 3 is 1.70 bits per heavy atom. The fourth-order valence-electron chi connectivity index (χ4n) is 5.03. The number of hydrogen-bond donors (Lipinski definition) is 2. The number of ether oxygens (including phenoxy) is 2. The van der Waals surface area contributed by atoms with Crippen LogP contribution in [0.2, 0.25) is 0 Å². The van der Waals surface area contributed by atoms with Crippen LogP contribution in [-0.4, -0.2) is 49.3 Å². The number of phosphoric acid groups is 1. The van der Waals surface area contributed by atoms with E-state index in [1.165, 1.54) is 77.0 Å². The van der Waals surface area contributed by atoms with Gasteiger partial charge in [-0.15, -0.1) is 0 Å². The Kier molecular flexibility index (Phi) is 32.7. The van der Waals surface area contributed by atoms with Crippen LogP contribution in [0.1, 0.15) is 167 Å². The molecule has 272 valence electrons. The molecule has 46 heavy (non-hydrogen) atoms. The van der Waals surface area contributed by atoms with Crippen molar-refractivity contribution < 1.29 is 37.6 Å². The molecule has 0 heterocycles. The van der Waals surface area contributed by atoms with Gasteiger partial charge in [0, 0.05) is 19.4 Å². The van der Waals surface area contributed by atoms with Crippen molar-refractivity contribution >= 4 is 19.8 Å². The van der Waals surface area contributed by atoms with Crippen LogP contribution in [0.25, 0.3) is 0 Å². The van der Waals surface area contributed by atoms with Gasteiger partial charge in [0.25, 0.3) is 0 Å². The molecule has 0 aliphatic carbocycles. The monoisotopic (exact) mass is 674 g/mol. The molecule has 0 aromatic rings. The van der Waals surface area contributed by atoms with E-state index in [0.717, 1.165) is 64.2 Å². The van der Waals surface area contributed by atoms with Crippen molar-refractivity contribution in [3.63, 3.8) is 0 Å². The molecule has 0 saturated heterocycles. The summed E-state index contributed by atoms with van der Waals surface area (Å²) in [5, 5.41) is 0. The van der Waals surface area contributed by atoms with Crippen molar-refractivity contribution in [2.75, 3.05) is 26.4 Å². The van der Waals surface area contributed by atoms with Crippen LogP contribution in [0.15, 0.2) is 12.2 Å². The van der Waals surface area contributed by atoms with Crippen LogP contribution < -0.4 is 5.73 Å². The SMILES string of the molecule is [CH2-]CCCC/C=C\CCCCCCCC(=O)O[C@H](COC(=O)CCCCCCCCCCCCCCC)COP(=O)(O)OCCN. The number of allylic oxidation sites excluding steroid dienone is 2. The molecular weight excluding hydrogens is 605 g/mol. The molecule has 0 fully saturated rings. The van der Waals surface area contributed by atoms with Crippen LogP contribution in [0.3, 0.4) is 0 Å². The first-order chi connectivity index (χ1) is 22.3. The van der Waals surface area contributed by atoms with Crippen molar-refractivity contribution in [2.24, 2.45) is 5.73 Å². The third-order valence-corrected chi connectivity index (χ3v) is 8.78. The number of rotatable bonds is 35. The van der Waals surface area contributed by atoms with Gasteiger partial charge in [0.15, 0.2) is 6.10 Å². The maximum atomic E-state index is 12.5. The molecule has 0 bridgehead atoms. The van der Waals surface area contributed by atoms with Gasteiger partial charge in [0.1, 0.15) is 6.61 Å². The van der Waals surface area contributed by atoms with Crippen molar-refractivity contribution in [1.82, 2.24) is 0 Å². The van der Waals surface area contributed by atoms with Crippen molar-refractivity contribution in [3.05, 3.63) is 19.1 Å². The molecule has 9 nitrogen and oxygen atoms in total. The van der Waals surface area contributed by atoms with Crippen molar-refractivity contribution in [3.8, 4) is 0 Å². The van der Waals surface area contributed by atoms with E-state index >= 15 is 0 Å². The molecule has 10 heteroatoms. The highest BCUT2D eigenvalue weighted by Crippen LogP contribution is 2.43. The Morgan fingerprint density at radius 1 is 0.696 bits per heavy atom. The van der Waals surface area contributed by atoms with Gasteiger partial charge in [-0.05, 0) is 32.1 Å². The summed E-state index contributed by atoms with van der Waals surface area (Å²) in [5.74, 6) is -0.842. The fraction of sp³-hybridized carbons (Fsp3) is 0.861. The van der Waals surface area contributed by atoms with Gasteiger partial charge < -0.3 is 27.0 Å². The average Bonchev–Trinajstić information content (AvgIpc) is 3.04. The van der Waals surface area contributed by atoms with Crippen molar-refractivity contribution in [2.45, 2.75) is 174 Å². The zero-order valence-electron chi connectivity index (χ0n) is 29.3. The Hall–Kier alpha value is -1.25. The highest BCUT2D eigenvalue weighted by molar-refractivity contribution is 7.47. The van der Waals surface area contributed by atoms with Gasteiger partial charge in [0.05, 0.1) is 13.2 Å². The number of phosphoric ester groups is 1. The first-order valence-corrected chi connectivity index (χ1v) is 20.0. The van der Waals surface area contributed by atoms with E-state index in [4.69, 9.17) is 24.3 Å². The summed E-state index contributed by atoms with van der Waals surface area (Å²) in [7, 11) is -4.37. The summed E-state index contributed by atoms with van der Waals surface area (Å²) < 4.78 is 32.6. The normalized spacial score (nSPS) is 13.6. The number of unbranched alkanes of at least 4 members (excludes halogenated alkanes) is 20. The van der Waals surface area contributed by atoms with E-state index in [0.29, 0.717) is 6.42 Å². The quantitative estimate of drug-likeness (QED) is 0.0221. The summed E-state index contributed by atoms with van der Waals surface area (Å²) in [6.07, 6.45) is 30.3. The predicted octanol–water partition coefficient (Wildman–Crippen LogP) is 9.70. The first-order valence-electron chi connectivity index (χ1n) is 18.5. The maximum absolute atomic E-state index is 12.5. The molecular formula is C36H69NO8P-. The topological polar surface area (TPSA) is 134 Å². The lowest BCUT2D eigenvalue weighted by Crippen LogP contribution is -2.29. The Bertz CT molecular complexity index is 779. The smallest absolute Gasteiger partial charge is 0.462 e. The van der Waals surface area contributed by atoms with Gasteiger partial charge in [-0.25, -0.2) is 4.57 Å². The molecule has 0 radical (unpaired) electrons. The second kappa shape index (κ2) is 33.6. The molecule has 0 saturated carbocycles. The lowest BCUT2D eigenvalue weighted by Gasteiger charge is -2.19. The van der Waals surface area contributed by atoms with E-state index in [9.17, 15) is 19.0 Å². The summed E-state index contributed by atoms with van der Waals surface area (Å²) in [6.45, 7) is 5.32. The zero-order chi connectivity index (χ0) is 34.0. The Labute approximate surface area is 281 Å². The molecule has 3 N–H and O–H groups in total. The molecule has 0 aromatic carbocycles. The highest BCUT2D eigenvalue weighted by Gasteiger charge is 2.25. The summed E-state index contributed by atoms with van der Waals surface area (Å²) >= 11 is 0. The number of nitrogens with two attached hydrogens (primary N) is 1. The van der Waals surface area contributed by atoms with Crippen molar-refractivity contribution in [1.29, 1.82) is 0 Å². The van der Waals surface area contributed by atoms with Crippen LogP contribution >= 0.6 is 7.82 Å². The standard InChI is InChI=1S/C36H69NO8P/c1-3-5-7-9-11-13-15-17-19-20-22-24-26-28-35(38)42-32-34(33-44-46(40,41)43-31-30-37)45-36(39)29-27-25-23-21-18-16-14-12-10-8-6-4-2/h12,14,34H,2-11,13,15-33,37H2,1H3,(H,40,41)/q-1/b14-12-/t34-/m1/s1. The average molecular weight is 675 g/mol. The minimum Gasteiger partial charge on any atom is -0.462 e. The van der Waals surface area contributed by atoms with Crippen LogP contribution in [0.4, 0.5) is 0 Å². The van der Waals surface area contributed by atoms with E-state index in [1.807, 2.05) is 0 Å². The Balaban J connectivity index is 4.23. The van der Waals surface area contributed by atoms with E-state index in [-0.39, 0.29) is 38.6 Å². The van der Waals surface area contributed by atoms with Crippen LogP contribution in [0, 0.1) is 6.92 Å². The fourth-order valence-corrected chi connectivity index (χ4v) is 5.79. The second-order valence-corrected chi connectivity index (χ2v) is 13.8. The molecule has 2 atom stereocenters. The van der Waals surface area contributed by atoms with Gasteiger partial charge in [-0.3, -0.25) is 18.6 Å².